The van der Waals surface area contributed by atoms with Gasteiger partial charge in [0.2, 0.25) is 5.91 Å². The molecule has 0 unspecified atom stereocenters. The Morgan fingerprint density at radius 1 is 1.28 bits per heavy atom. The summed E-state index contributed by atoms with van der Waals surface area (Å²) in [5.41, 5.74) is 0.762. The fraction of sp³-hybridized carbons (Fsp3) is 0.421. The molecule has 1 aromatic rings. The smallest absolute Gasteiger partial charge is 0.355 e. The van der Waals surface area contributed by atoms with Crippen LogP contribution < -0.4 is 5.32 Å². The van der Waals surface area contributed by atoms with Crippen LogP contribution in [-0.4, -0.2) is 42.4 Å². The molecule has 1 aliphatic heterocycles. The van der Waals surface area contributed by atoms with Crippen molar-refractivity contribution < 1.29 is 19.1 Å². The molecule has 1 fully saturated rings. The number of esters is 1. The number of ether oxygens (including phenoxy) is 1. The number of carbonyl (C=O) groups excluding carboxylic acids is 3. The molecule has 0 spiro atoms. The lowest BCUT2D eigenvalue weighted by atomic mass is 10.0. The van der Waals surface area contributed by atoms with Crippen LogP contribution in [0.2, 0.25) is 0 Å². The van der Waals surface area contributed by atoms with Gasteiger partial charge in [-0.3, -0.25) is 9.59 Å². The Kier molecular flexibility index (Phi) is 6.74. The molecule has 0 saturated carbocycles. The van der Waals surface area contributed by atoms with Gasteiger partial charge in [-0.1, -0.05) is 37.3 Å². The van der Waals surface area contributed by atoms with Gasteiger partial charge < -0.3 is 15.0 Å². The van der Waals surface area contributed by atoms with Crippen LogP contribution in [0.4, 0.5) is 0 Å². The van der Waals surface area contributed by atoms with Gasteiger partial charge in [0.25, 0.3) is 5.91 Å². The van der Waals surface area contributed by atoms with Crippen LogP contribution in [0, 0.1) is 5.92 Å². The number of carbonyl (C=O) groups is 3. The molecule has 1 saturated heterocycles. The first-order valence-corrected chi connectivity index (χ1v) is 8.45. The maximum Gasteiger partial charge on any atom is 0.355 e. The van der Waals surface area contributed by atoms with E-state index in [1.807, 2.05) is 18.2 Å². The summed E-state index contributed by atoms with van der Waals surface area (Å²) in [6.45, 7) is 4.47. The number of piperidine rings is 1. The molecule has 1 atom stereocenters. The van der Waals surface area contributed by atoms with Crippen molar-refractivity contribution in [1.29, 1.82) is 0 Å². The van der Waals surface area contributed by atoms with Crippen molar-refractivity contribution in [3.63, 3.8) is 0 Å². The average molecular weight is 344 g/mol. The van der Waals surface area contributed by atoms with E-state index >= 15 is 0 Å². The number of rotatable bonds is 5. The third-order valence-electron chi connectivity index (χ3n) is 3.98. The van der Waals surface area contributed by atoms with Gasteiger partial charge in [0.15, 0.2) is 6.61 Å². The normalized spacial score (nSPS) is 17.8. The highest BCUT2D eigenvalue weighted by atomic mass is 16.5. The average Bonchev–Trinajstić information content (AvgIpc) is 2.59. The minimum Gasteiger partial charge on any atom is -0.451 e. The predicted octanol–water partition coefficient (Wildman–Crippen LogP) is 1.97. The van der Waals surface area contributed by atoms with Crippen molar-refractivity contribution in [2.75, 3.05) is 19.7 Å². The summed E-state index contributed by atoms with van der Waals surface area (Å²) < 4.78 is 5.11. The van der Waals surface area contributed by atoms with E-state index in [1.54, 1.807) is 17.0 Å². The summed E-state index contributed by atoms with van der Waals surface area (Å²) in [4.78, 5) is 37.5. The van der Waals surface area contributed by atoms with Gasteiger partial charge in [-0.2, -0.15) is 0 Å². The van der Waals surface area contributed by atoms with E-state index < -0.39 is 5.97 Å². The van der Waals surface area contributed by atoms with Crippen molar-refractivity contribution in [3.8, 4) is 0 Å². The number of benzene rings is 1. The van der Waals surface area contributed by atoms with Gasteiger partial charge in [-0.05, 0) is 30.4 Å². The number of hydrogen-bond donors (Lipinski definition) is 1. The van der Waals surface area contributed by atoms with Crippen LogP contribution in [0.15, 0.2) is 36.0 Å². The highest BCUT2D eigenvalue weighted by molar-refractivity contribution is 5.98. The largest absolute Gasteiger partial charge is 0.451 e. The number of amides is 2. The fourth-order valence-electron chi connectivity index (χ4n) is 2.76. The lowest BCUT2D eigenvalue weighted by Crippen LogP contribution is -2.41. The molecule has 1 aromatic carbocycles. The second kappa shape index (κ2) is 9.01. The molecule has 0 radical (unpaired) electrons. The Bertz CT molecular complexity index is 655. The Morgan fingerprint density at radius 3 is 2.64 bits per heavy atom. The molecule has 0 bridgehead atoms. The van der Waals surface area contributed by atoms with Crippen LogP contribution in [-0.2, 0) is 19.1 Å². The molecule has 6 heteroatoms. The highest BCUT2D eigenvalue weighted by Gasteiger charge is 2.22. The summed E-state index contributed by atoms with van der Waals surface area (Å²) in [5, 5.41) is 2.46. The van der Waals surface area contributed by atoms with Crippen molar-refractivity contribution in [3.05, 3.63) is 41.6 Å². The highest BCUT2D eigenvalue weighted by Crippen LogP contribution is 2.15. The first kappa shape index (κ1) is 18.7. The number of hydrogen-bond acceptors (Lipinski definition) is 4. The third-order valence-corrected chi connectivity index (χ3v) is 3.98. The Morgan fingerprint density at radius 2 is 2.00 bits per heavy atom. The molecular weight excluding hydrogens is 320 g/mol. The first-order valence-electron chi connectivity index (χ1n) is 8.45. The standard InChI is InChI=1S/C19H24N2O4/c1-14-7-6-10-21(12-14)18(23)13-25-19(24)17(20-15(2)22)11-16-8-4-3-5-9-16/h3-5,8-9,11,14H,6-7,10,12-13H2,1-2H3,(H,20,22)/b17-11-/t14-/m0/s1. The summed E-state index contributed by atoms with van der Waals surface area (Å²) in [6, 6.07) is 9.10. The van der Waals surface area contributed by atoms with Gasteiger partial charge in [-0.25, -0.2) is 4.79 Å². The Balaban J connectivity index is 1.98. The summed E-state index contributed by atoms with van der Waals surface area (Å²) in [6.07, 6.45) is 3.60. The van der Waals surface area contributed by atoms with E-state index in [0.717, 1.165) is 18.4 Å². The fourth-order valence-corrected chi connectivity index (χ4v) is 2.76. The van der Waals surface area contributed by atoms with E-state index in [2.05, 4.69) is 12.2 Å². The van der Waals surface area contributed by atoms with Crippen molar-refractivity contribution in [1.82, 2.24) is 10.2 Å². The lowest BCUT2D eigenvalue weighted by molar-refractivity contribution is -0.150. The van der Waals surface area contributed by atoms with Crippen molar-refractivity contribution in [2.45, 2.75) is 26.7 Å². The quantitative estimate of drug-likeness (QED) is 0.654. The second-order valence-corrected chi connectivity index (χ2v) is 6.31. The summed E-state index contributed by atoms with van der Waals surface area (Å²) in [7, 11) is 0. The van der Waals surface area contributed by atoms with Gasteiger partial charge in [0.05, 0.1) is 0 Å². The molecule has 25 heavy (non-hydrogen) atoms. The molecule has 1 N–H and O–H groups in total. The molecular formula is C19H24N2O4. The van der Waals surface area contributed by atoms with E-state index in [-0.39, 0.29) is 24.1 Å². The van der Waals surface area contributed by atoms with Gasteiger partial charge >= 0.3 is 5.97 Å². The molecule has 1 aliphatic rings. The topological polar surface area (TPSA) is 75.7 Å². The number of nitrogens with zero attached hydrogens (tertiary/aromatic N) is 1. The molecule has 2 rings (SSSR count). The van der Waals surface area contributed by atoms with Gasteiger partial charge in [-0.15, -0.1) is 0 Å². The van der Waals surface area contributed by atoms with Gasteiger partial charge in [0.1, 0.15) is 5.70 Å². The summed E-state index contributed by atoms with van der Waals surface area (Å²) >= 11 is 0. The van der Waals surface area contributed by atoms with E-state index in [4.69, 9.17) is 4.74 Å². The zero-order chi connectivity index (χ0) is 18.2. The molecule has 0 aliphatic carbocycles. The zero-order valence-electron chi connectivity index (χ0n) is 14.7. The summed E-state index contributed by atoms with van der Waals surface area (Å²) in [5.74, 6) is -0.851. The zero-order valence-corrected chi connectivity index (χ0v) is 14.7. The third kappa shape index (κ3) is 6.06. The lowest BCUT2D eigenvalue weighted by Gasteiger charge is -2.30. The van der Waals surface area contributed by atoms with Crippen molar-refractivity contribution in [2.24, 2.45) is 5.92 Å². The minimum atomic E-state index is -0.725. The molecule has 0 aromatic heterocycles. The van der Waals surface area contributed by atoms with Crippen LogP contribution in [0.1, 0.15) is 32.3 Å². The van der Waals surface area contributed by atoms with E-state index in [0.29, 0.717) is 19.0 Å². The predicted molar refractivity (Wildman–Crippen MR) is 94.2 cm³/mol. The number of likely N-dealkylation sites (tertiary alicyclic amines) is 1. The van der Waals surface area contributed by atoms with E-state index in [9.17, 15) is 14.4 Å². The van der Waals surface area contributed by atoms with Crippen LogP contribution in [0.25, 0.3) is 6.08 Å². The molecule has 6 nitrogen and oxygen atoms in total. The number of nitrogens with one attached hydrogen (secondary N) is 1. The SMILES string of the molecule is CC(=O)N/C(=C\c1ccccc1)C(=O)OCC(=O)N1CCC[C@H](C)C1. The van der Waals surface area contributed by atoms with E-state index in [1.165, 1.54) is 13.0 Å². The van der Waals surface area contributed by atoms with Crippen LogP contribution >= 0.6 is 0 Å². The van der Waals surface area contributed by atoms with Gasteiger partial charge in [0, 0.05) is 20.0 Å². The maximum absolute atomic E-state index is 12.3. The van der Waals surface area contributed by atoms with Crippen LogP contribution in [0.3, 0.4) is 0 Å². The van der Waals surface area contributed by atoms with Crippen LogP contribution in [0.5, 0.6) is 0 Å². The first-order chi connectivity index (χ1) is 12.0. The minimum absolute atomic E-state index is 0.0125. The Labute approximate surface area is 147 Å². The Hall–Kier alpha value is -2.63. The molecule has 2 amide bonds. The van der Waals surface area contributed by atoms with Crippen molar-refractivity contribution >= 4 is 23.9 Å². The molecule has 1 heterocycles. The second-order valence-electron chi connectivity index (χ2n) is 6.31. The molecule has 134 valence electrons. The monoisotopic (exact) mass is 344 g/mol. The maximum atomic E-state index is 12.3.